The number of aliphatic hydroxyl groups is 1. The zero-order valence-corrected chi connectivity index (χ0v) is 17.1. The first-order valence-corrected chi connectivity index (χ1v) is 10.3. The summed E-state index contributed by atoms with van der Waals surface area (Å²) in [5, 5.41) is 10.2. The van der Waals surface area contributed by atoms with Gasteiger partial charge in [0.05, 0.1) is 19.8 Å². The minimum absolute atomic E-state index is 0.0952. The fourth-order valence-electron chi connectivity index (χ4n) is 2.13. The lowest BCUT2D eigenvalue weighted by atomic mass is 10.1. The van der Waals surface area contributed by atoms with Crippen LogP contribution in [0, 0.1) is 0 Å². The summed E-state index contributed by atoms with van der Waals surface area (Å²) < 4.78 is 30.1. The summed E-state index contributed by atoms with van der Waals surface area (Å²) >= 11 is 0.973. The van der Waals surface area contributed by atoms with Crippen LogP contribution in [-0.4, -0.2) is 72.9 Å². The van der Waals surface area contributed by atoms with Crippen LogP contribution in [-0.2, 0) is 28.4 Å². The lowest BCUT2D eigenvalue weighted by Gasteiger charge is -2.37. The lowest BCUT2D eigenvalue weighted by Crippen LogP contribution is -2.54. The van der Waals surface area contributed by atoms with Gasteiger partial charge >= 0.3 is 18.5 Å². The normalized spacial score (nSPS) is 24.0. The summed E-state index contributed by atoms with van der Waals surface area (Å²) in [4.78, 5) is 35.5. The Kier molecular flexibility index (Phi) is 11.5. The smallest absolute Gasteiger partial charge is 0.434 e. The third kappa shape index (κ3) is 8.42. The molecule has 0 aromatic carbocycles. The van der Waals surface area contributed by atoms with E-state index < -0.39 is 42.2 Å². The molecule has 0 aromatic heterocycles. The van der Waals surface area contributed by atoms with Crippen molar-refractivity contribution < 1.29 is 47.9 Å². The first-order chi connectivity index (χ1) is 13.4. The molecule has 0 aromatic rings. The van der Waals surface area contributed by atoms with Crippen molar-refractivity contribution in [2.75, 3.05) is 25.6 Å². The molecule has 0 bridgehead atoms. The quantitative estimate of drug-likeness (QED) is 0.433. The maximum atomic E-state index is 11.9. The molecule has 0 unspecified atom stereocenters. The minimum Gasteiger partial charge on any atom is -0.434 e. The summed E-state index contributed by atoms with van der Waals surface area (Å²) in [5.74, 6) is 0.0952. The molecule has 4 atom stereocenters. The van der Waals surface area contributed by atoms with Crippen molar-refractivity contribution in [3.8, 4) is 0 Å². The molecule has 0 amide bonds. The van der Waals surface area contributed by atoms with Crippen LogP contribution in [0.2, 0.25) is 0 Å². The Balaban J connectivity index is 2.88. The van der Waals surface area contributed by atoms with E-state index in [1.807, 2.05) is 6.92 Å². The Hall–Kier alpha value is -1.88. The van der Waals surface area contributed by atoms with Crippen LogP contribution in [0.25, 0.3) is 0 Å². The van der Waals surface area contributed by atoms with Crippen molar-refractivity contribution in [1.82, 2.24) is 0 Å². The Labute approximate surface area is 168 Å². The SMILES string of the molecule is CCCOC(=O)O[C@@H]1[C@@H](OC(=O)OCCC)[C@H](OC(=O)OCCC)CS[C@H]1O. The van der Waals surface area contributed by atoms with E-state index in [0.29, 0.717) is 19.3 Å². The maximum absolute atomic E-state index is 11.9. The topological polar surface area (TPSA) is 127 Å². The predicted octanol–water partition coefficient (Wildman–Crippen LogP) is 2.85. The number of thioether (sulfide) groups is 1. The third-order valence-electron chi connectivity index (χ3n) is 3.39. The zero-order valence-electron chi connectivity index (χ0n) is 16.3. The number of carbonyl (C=O) groups is 3. The molecule has 1 aliphatic rings. The van der Waals surface area contributed by atoms with Gasteiger partial charge in [-0.25, -0.2) is 14.4 Å². The van der Waals surface area contributed by atoms with Crippen LogP contribution >= 0.6 is 11.8 Å². The molecule has 1 rings (SSSR count). The van der Waals surface area contributed by atoms with Crippen molar-refractivity contribution in [3.63, 3.8) is 0 Å². The van der Waals surface area contributed by atoms with E-state index in [0.717, 1.165) is 11.8 Å². The second-order valence-electron chi connectivity index (χ2n) is 5.84. The molecule has 28 heavy (non-hydrogen) atoms. The molecule has 1 N–H and O–H groups in total. The highest BCUT2D eigenvalue weighted by Gasteiger charge is 2.47. The number of ether oxygens (including phenoxy) is 6. The van der Waals surface area contributed by atoms with Crippen LogP contribution in [0.5, 0.6) is 0 Å². The van der Waals surface area contributed by atoms with Gasteiger partial charge in [0.25, 0.3) is 0 Å². The van der Waals surface area contributed by atoms with Crippen LogP contribution < -0.4 is 0 Å². The average Bonchev–Trinajstić information content (AvgIpc) is 2.67. The van der Waals surface area contributed by atoms with Gasteiger partial charge in [0.2, 0.25) is 0 Å². The van der Waals surface area contributed by atoms with Gasteiger partial charge in [0, 0.05) is 5.75 Å². The standard InChI is InChI=1S/C17H28O10S/c1-4-7-22-15(19)25-11-10-28-14(18)13(27-17(21)24-9-6-3)12(11)26-16(20)23-8-5-2/h11-14,18H,4-10H2,1-3H3/t11-,12+,13-,14-/m1/s1. The summed E-state index contributed by atoms with van der Waals surface area (Å²) in [7, 11) is 0. The van der Waals surface area contributed by atoms with Crippen molar-refractivity contribution in [2.24, 2.45) is 0 Å². The van der Waals surface area contributed by atoms with Gasteiger partial charge in [-0.3, -0.25) is 0 Å². The van der Waals surface area contributed by atoms with E-state index in [-0.39, 0.29) is 25.6 Å². The average molecular weight is 424 g/mol. The molecule has 1 aliphatic heterocycles. The molecule has 0 saturated carbocycles. The van der Waals surface area contributed by atoms with E-state index in [4.69, 9.17) is 28.4 Å². The number of hydrogen-bond donors (Lipinski definition) is 1. The Morgan fingerprint density at radius 1 is 0.786 bits per heavy atom. The van der Waals surface area contributed by atoms with Gasteiger partial charge in [0.15, 0.2) is 18.3 Å². The van der Waals surface area contributed by atoms with E-state index >= 15 is 0 Å². The molecule has 162 valence electrons. The maximum Gasteiger partial charge on any atom is 0.508 e. The Morgan fingerprint density at radius 2 is 1.21 bits per heavy atom. The van der Waals surface area contributed by atoms with Gasteiger partial charge in [-0.2, -0.15) is 0 Å². The fourth-order valence-corrected chi connectivity index (χ4v) is 3.17. The van der Waals surface area contributed by atoms with Crippen LogP contribution in [0.4, 0.5) is 14.4 Å². The van der Waals surface area contributed by atoms with E-state index in [1.165, 1.54) is 0 Å². The molecular formula is C17H28O10S. The molecule has 11 heteroatoms. The minimum atomic E-state index is -1.32. The molecule has 10 nitrogen and oxygen atoms in total. The Bertz CT molecular complexity index is 500. The van der Waals surface area contributed by atoms with Crippen LogP contribution in [0.3, 0.4) is 0 Å². The van der Waals surface area contributed by atoms with Gasteiger partial charge in [-0.1, -0.05) is 20.8 Å². The highest BCUT2D eigenvalue weighted by atomic mass is 32.2. The molecule has 0 spiro atoms. The number of hydrogen-bond acceptors (Lipinski definition) is 11. The number of rotatable bonds is 9. The number of aliphatic hydroxyl groups excluding tert-OH is 1. The highest BCUT2D eigenvalue weighted by Crippen LogP contribution is 2.31. The summed E-state index contributed by atoms with van der Waals surface area (Å²) in [6.07, 6.45) is -4.88. The van der Waals surface area contributed by atoms with E-state index in [9.17, 15) is 19.5 Å². The second-order valence-corrected chi connectivity index (χ2v) is 6.99. The second kappa shape index (κ2) is 13.3. The largest absolute Gasteiger partial charge is 0.508 e. The van der Waals surface area contributed by atoms with Gasteiger partial charge in [-0.05, 0) is 19.3 Å². The van der Waals surface area contributed by atoms with Gasteiger partial charge < -0.3 is 33.5 Å². The summed E-state index contributed by atoms with van der Waals surface area (Å²) in [5.41, 5.74) is -1.22. The van der Waals surface area contributed by atoms with Crippen molar-refractivity contribution in [2.45, 2.75) is 63.8 Å². The third-order valence-corrected chi connectivity index (χ3v) is 4.52. The first kappa shape index (κ1) is 24.2. The zero-order chi connectivity index (χ0) is 20.9. The summed E-state index contributed by atoms with van der Waals surface area (Å²) in [6.45, 7) is 5.84. The number of carbonyl (C=O) groups excluding carboxylic acids is 3. The van der Waals surface area contributed by atoms with Crippen LogP contribution in [0.1, 0.15) is 40.0 Å². The first-order valence-electron chi connectivity index (χ1n) is 9.22. The van der Waals surface area contributed by atoms with E-state index in [1.54, 1.807) is 13.8 Å². The monoisotopic (exact) mass is 424 g/mol. The molecule has 1 fully saturated rings. The summed E-state index contributed by atoms with van der Waals surface area (Å²) in [6, 6.07) is 0. The van der Waals surface area contributed by atoms with E-state index in [2.05, 4.69) is 0 Å². The van der Waals surface area contributed by atoms with Crippen molar-refractivity contribution >= 4 is 30.2 Å². The Morgan fingerprint density at radius 3 is 1.68 bits per heavy atom. The lowest BCUT2D eigenvalue weighted by molar-refractivity contribution is -0.123. The van der Waals surface area contributed by atoms with Crippen LogP contribution in [0.15, 0.2) is 0 Å². The molecule has 1 saturated heterocycles. The van der Waals surface area contributed by atoms with Gasteiger partial charge in [-0.15, -0.1) is 11.8 Å². The van der Waals surface area contributed by atoms with Crippen molar-refractivity contribution in [3.05, 3.63) is 0 Å². The molecule has 1 heterocycles. The fraction of sp³-hybridized carbons (Fsp3) is 0.824. The predicted molar refractivity (Wildman–Crippen MR) is 98.0 cm³/mol. The molecule has 0 radical (unpaired) electrons. The highest BCUT2D eigenvalue weighted by molar-refractivity contribution is 7.99. The molecule has 0 aliphatic carbocycles. The van der Waals surface area contributed by atoms with Crippen molar-refractivity contribution in [1.29, 1.82) is 0 Å². The van der Waals surface area contributed by atoms with Gasteiger partial charge in [0.1, 0.15) is 5.44 Å². The molecular weight excluding hydrogens is 396 g/mol.